The summed E-state index contributed by atoms with van der Waals surface area (Å²) in [4.78, 5) is 0. The predicted molar refractivity (Wildman–Crippen MR) is 82.8 cm³/mol. The van der Waals surface area contributed by atoms with E-state index in [-0.39, 0.29) is 5.41 Å². The minimum Gasteiger partial charge on any atom is -0.490 e. The zero-order valence-corrected chi connectivity index (χ0v) is 13.2. The molecular formula is C17H27NO2. The third kappa shape index (κ3) is 3.89. The van der Waals surface area contributed by atoms with Crippen LogP contribution in [0.5, 0.6) is 11.5 Å². The Balaban J connectivity index is 2.09. The Kier molecular flexibility index (Phi) is 4.92. The summed E-state index contributed by atoms with van der Waals surface area (Å²) >= 11 is 0. The molecule has 1 aliphatic heterocycles. The van der Waals surface area contributed by atoms with Crippen molar-refractivity contribution in [3.63, 3.8) is 0 Å². The molecule has 2 rings (SSSR count). The summed E-state index contributed by atoms with van der Waals surface area (Å²) in [5, 5.41) is 3.49. The van der Waals surface area contributed by atoms with Gasteiger partial charge in [-0.2, -0.15) is 0 Å². The summed E-state index contributed by atoms with van der Waals surface area (Å²) in [6.07, 6.45) is 2.05. The van der Waals surface area contributed by atoms with Crippen molar-refractivity contribution in [2.24, 2.45) is 0 Å². The summed E-state index contributed by atoms with van der Waals surface area (Å²) in [6.45, 7) is 11.4. The molecule has 0 saturated heterocycles. The zero-order chi connectivity index (χ0) is 14.6. The van der Waals surface area contributed by atoms with Crippen molar-refractivity contribution in [1.82, 2.24) is 5.32 Å². The molecule has 0 bridgehead atoms. The van der Waals surface area contributed by atoms with E-state index in [1.165, 1.54) is 5.56 Å². The average molecular weight is 277 g/mol. The maximum Gasteiger partial charge on any atom is 0.161 e. The standard InChI is InChI=1S/C17H27NO2/c1-13(2)18-9-8-17(3,4)14-6-7-15-16(12-14)20-11-5-10-19-15/h6-7,12-13,18H,5,8-11H2,1-4H3. The van der Waals surface area contributed by atoms with Gasteiger partial charge >= 0.3 is 0 Å². The molecule has 1 N–H and O–H groups in total. The van der Waals surface area contributed by atoms with Gasteiger partial charge in [-0.1, -0.05) is 33.8 Å². The Morgan fingerprint density at radius 1 is 1.15 bits per heavy atom. The average Bonchev–Trinajstić information content (AvgIpc) is 2.62. The van der Waals surface area contributed by atoms with Crippen molar-refractivity contribution in [3.8, 4) is 11.5 Å². The fraction of sp³-hybridized carbons (Fsp3) is 0.647. The van der Waals surface area contributed by atoms with E-state index >= 15 is 0 Å². The van der Waals surface area contributed by atoms with Gasteiger partial charge in [-0.05, 0) is 36.1 Å². The summed E-state index contributed by atoms with van der Waals surface area (Å²) < 4.78 is 11.5. The molecule has 1 aliphatic rings. The fourth-order valence-corrected chi connectivity index (χ4v) is 2.40. The lowest BCUT2D eigenvalue weighted by atomic mass is 9.81. The molecule has 1 heterocycles. The highest BCUT2D eigenvalue weighted by Gasteiger charge is 2.22. The van der Waals surface area contributed by atoms with Crippen LogP contribution in [0.4, 0.5) is 0 Å². The van der Waals surface area contributed by atoms with Gasteiger partial charge in [0, 0.05) is 12.5 Å². The van der Waals surface area contributed by atoms with Gasteiger partial charge in [0.05, 0.1) is 13.2 Å². The number of rotatable bonds is 5. The minimum atomic E-state index is 0.132. The molecule has 0 atom stereocenters. The maximum absolute atomic E-state index is 5.79. The summed E-state index contributed by atoms with van der Waals surface area (Å²) in [5.74, 6) is 1.77. The molecule has 0 aliphatic carbocycles. The van der Waals surface area contributed by atoms with E-state index in [1.54, 1.807) is 0 Å². The molecule has 3 nitrogen and oxygen atoms in total. The molecule has 0 unspecified atom stereocenters. The molecule has 0 amide bonds. The van der Waals surface area contributed by atoms with Crippen LogP contribution >= 0.6 is 0 Å². The Morgan fingerprint density at radius 2 is 1.85 bits per heavy atom. The van der Waals surface area contributed by atoms with E-state index in [1.807, 2.05) is 6.07 Å². The molecule has 0 radical (unpaired) electrons. The maximum atomic E-state index is 5.79. The number of nitrogens with one attached hydrogen (secondary N) is 1. The quantitative estimate of drug-likeness (QED) is 0.893. The Labute approximate surface area is 122 Å². The van der Waals surface area contributed by atoms with Gasteiger partial charge in [0.2, 0.25) is 0 Å². The van der Waals surface area contributed by atoms with Crippen molar-refractivity contribution in [3.05, 3.63) is 23.8 Å². The van der Waals surface area contributed by atoms with E-state index in [9.17, 15) is 0 Å². The lowest BCUT2D eigenvalue weighted by molar-refractivity contribution is 0.296. The Hall–Kier alpha value is -1.22. The molecule has 0 aromatic heterocycles. The smallest absolute Gasteiger partial charge is 0.161 e. The van der Waals surface area contributed by atoms with Crippen molar-refractivity contribution in [2.75, 3.05) is 19.8 Å². The van der Waals surface area contributed by atoms with Gasteiger partial charge in [-0.25, -0.2) is 0 Å². The molecule has 1 aromatic carbocycles. The molecule has 0 saturated carbocycles. The molecule has 112 valence electrons. The van der Waals surface area contributed by atoms with E-state index in [2.05, 4.69) is 45.1 Å². The topological polar surface area (TPSA) is 30.5 Å². The predicted octanol–water partition coefficient (Wildman–Crippen LogP) is 3.51. The van der Waals surface area contributed by atoms with Crippen LogP contribution in [0.3, 0.4) is 0 Å². The minimum absolute atomic E-state index is 0.132. The second-order valence-electron chi connectivity index (χ2n) is 6.45. The normalized spacial score (nSPS) is 15.2. The van der Waals surface area contributed by atoms with E-state index < -0.39 is 0 Å². The zero-order valence-electron chi connectivity index (χ0n) is 13.2. The largest absolute Gasteiger partial charge is 0.490 e. The van der Waals surface area contributed by atoms with Crippen LogP contribution in [0.2, 0.25) is 0 Å². The molecule has 0 fully saturated rings. The van der Waals surface area contributed by atoms with Gasteiger partial charge in [0.15, 0.2) is 11.5 Å². The lowest BCUT2D eigenvalue weighted by Crippen LogP contribution is -2.29. The van der Waals surface area contributed by atoms with Gasteiger partial charge < -0.3 is 14.8 Å². The van der Waals surface area contributed by atoms with Crippen LogP contribution in [0.15, 0.2) is 18.2 Å². The van der Waals surface area contributed by atoms with Crippen LogP contribution < -0.4 is 14.8 Å². The van der Waals surface area contributed by atoms with Gasteiger partial charge in [-0.15, -0.1) is 0 Å². The number of hydrogen-bond donors (Lipinski definition) is 1. The van der Waals surface area contributed by atoms with Gasteiger partial charge in [0.25, 0.3) is 0 Å². The van der Waals surface area contributed by atoms with Crippen LogP contribution in [-0.2, 0) is 5.41 Å². The van der Waals surface area contributed by atoms with Crippen LogP contribution in [0.1, 0.15) is 46.1 Å². The fourth-order valence-electron chi connectivity index (χ4n) is 2.40. The van der Waals surface area contributed by atoms with E-state index in [0.717, 1.165) is 44.1 Å². The van der Waals surface area contributed by atoms with E-state index in [4.69, 9.17) is 9.47 Å². The first-order valence-corrected chi connectivity index (χ1v) is 7.62. The molecule has 1 aromatic rings. The highest BCUT2D eigenvalue weighted by molar-refractivity contribution is 5.45. The van der Waals surface area contributed by atoms with Gasteiger partial charge in [-0.3, -0.25) is 0 Å². The van der Waals surface area contributed by atoms with Crippen molar-refractivity contribution in [1.29, 1.82) is 0 Å². The highest BCUT2D eigenvalue weighted by Crippen LogP contribution is 2.36. The number of benzene rings is 1. The first-order chi connectivity index (χ1) is 9.49. The monoisotopic (exact) mass is 277 g/mol. The third-order valence-electron chi connectivity index (χ3n) is 3.83. The van der Waals surface area contributed by atoms with Crippen LogP contribution in [0.25, 0.3) is 0 Å². The Morgan fingerprint density at radius 3 is 2.55 bits per heavy atom. The van der Waals surface area contributed by atoms with Crippen LogP contribution in [0, 0.1) is 0 Å². The number of ether oxygens (including phenoxy) is 2. The van der Waals surface area contributed by atoms with Crippen molar-refractivity contribution >= 4 is 0 Å². The van der Waals surface area contributed by atoms with Crippen LogP contribution in [-0.4, -0.2) is 25.8 Å². The summed E-state index contributed by atoms with van der Waals surface area (Å²) in [6, 6.07) is 6.90. The molecule has 0 spiro atoms. The molecular weight excluding hydrogens is 250 g/mol. The van der Waals surface area contributed by atoms with Gasteiger partial charge in [0.1, 0.15) is 0 Å². The lowest BCUT2D eigenvalue weighted by Gasteiger charge is -2.27. The number of hydrogen-bond acceptors (Lipinski definition) is 3. The molecule has 20 heavy (non-hydrogen) atoms. The van der Waals surface area contributed by atoms with Crippen molar-refractivity contribution in [2.45, 2.75) is 52.0 Å². The first-order valence-electron chi connectivity index (χ1n) is 7.62. The summed E-state index contributed by atoms with van der Waals surface area (Å²) in [5.41, 5.74) is 1.44. The van der Waals surface area contributed by atoms with E-state index in [0.29, 0.717) is 6.04 Å². The SMILES string of the molecule is CC(C)NCCC(C)(C)c1ccc2c(c1)OCCCO2. The second kappa shape index (κ2) is 6.49. The first kappa shape index (κ1) is 15.2. The Bertz CT molecular complexity index is 441. The van der Waals surface area contributed by atoms with Crippen molar-refractivity contribution < 1.29 is 9.47 Å². The highest BCUT2D eigenvalue weighted by atomic mass is 16.5. The molecule has 3 heteroatoms. The number of fused-ring (bicyclic) bond motifs is 1. The summed E-state index contributed by atoms with van der Waals surface area (Å²) in [7, 11) is 0. The third-order valence-corrected chi connectivity index (χ3v) is 3.83. The second-order valence-corrected chi connectivity index (χ2v) is 6.45.